The molecular weight excluding hydrogens is 238 g/mol. The number of nitriles is 1. The van der Waals surface area contributed by atoms with Crippen molar-refractivity contribution in [3.63, 3.8) is 0 Å². The maximum absolute atomic E-state index is 12.4. The van der Waals surface area contributed by atoms with Crippen molar-refractivity contribution in [2.75, 3.05) is 32.7 Å². The van der Waals surface area contributed by atoms with Crippen molar-refractivity contribution >= 4 is 5.91 Å². The number of hydrogen-bond donors (Lipinski definition) is 0. The minimum absolute atomic E-state index is 0.0839. The Labute approximate surface area is 116 Å². The van der Waals surface area contributed by atoms with Gasteiger partial charge in [0, 0.05) is 38.6 Å². The van der Waals surface area contributed by atoms with Crippen LogP contribution in [0, 0.1) is 23.2 Å². The molecule has 2 aliphatic rings. The molecule has 1 saturated carbocycles. The number of rotatable bonds is 3. The summed E-state index contributed by atoms with van der Waals surface area (Å²) in [5.41, 5.74) is 0. The highest BCUT2D eigenvalue weighted by Gasteiger charge is 2.28. The van der Waals surface area contributed by atoms with Crippen LogP contribution in [-0.2, 0) is 4.79 Å². The monoisotopic (exact) mass is 263 g/mol. The predicted molar refractivity (Wildman–Crippen MR) is 74.4 cm³/mol. The van der Waals surface area contributed by atoms with Gasteiger partial charge in [-0.05, 0) is 19.8 Å². The first-order chi connectivity index (χ1) is 9.20. The van der Waals surface area contributed by atoms with E-state index >= 15 is 0 Å². The maximum atomic E-state index is 12.4. The van der Waals surface area contributed by atoms with Crippen molar-refractivity contribution in [1.29, 1.82) is 5.26 Å². The predicted octanol–water partition coefficient (Wildman–Crippen LogP) is 1.87. The molecule has 1 amide bonds. The van der Waals surface area contributed by atoms with Crippen molar-refractivity contribution < 1.29 is 4.79 Å². The van der Waals surface area contributed by atoms with Gasteiger partial charge in [-0.1, -0.05) is 19.3 Å². The van der Waals surface area contributed by atoms with E-state index in [1.165, 1.54) is 19.3 Å². The summed E-state index contributed by atoms with van der Waals surface area (Å²) < 4.78 is 0. The smallest absolute Gasteiger partial charge is 0.225 e. The van der Waals surface area contributed by atoms with Gasteiger partial charge in [-0.25, -0.2) is 0 Å². The van der Waals surface area contributed by atoms with E-state index in [2.05, 4.69) is 11.0 Å². The third-order valence-corrected chi connectivity index (χ3v) is 4.39. The SMILES string of the molecule is CC(C#N)CN1CCN(C(=O)C2CCCCC2)CC1. The van der Waals surface area contributed by atoms with Crippen LogP contribution in [0.15, 0.2) is 0 Å². The highest BCUT2D eigenvalue weighted by atomic mass is 16.2. The van der Waals surface area contributed by atoms with Gasteiger partial charge in [0.05, 0.1) is 12.0 Å². The number of piperazine rings is 1. The summed E-state index contributed by atoms with van der Waals surface area (Å²) in [7, 11) is 0. The lowest BCUT2D eigenvalue weighted by atomic mass is 9.88. The summed E-state index contributed by atoms with van der Waals surface area (Å²) in [6.07, 6.45) is 5.91. The molecule has 19 heavy (non-hydrogen) atoms. The normalized spacial score (nSPS) is 23.9. The average molecular weight is 263 g/mol. The molecule has 0 spiro atoms. The van der Waals surface area contributed by atoms with E-state index in [-0.39, 0.29) is 5.92 Å². The molecule has 0 aromatic carbocycles. The maximum Gasteiger partial charge on any atom is 0.225 e. The van der Waals surface area contributed by atoms with Crippen LogP contribution in [0.1, 0.15) is 39.0 Å². The fourth-order valence-corrected chi connectivity index (χ4v) is 3.19. The average Bonchev–Trinajstić information content (AvgIpc) is 2.48. The van der Waals surface area contributed by atoms with Crippen LogP contribution in [0.3, 0.4) is 0 Å². The third kappa shape index (κ3) is 3.94. The Bertz CT molecular complexity index is 336. The Balaban J connectivity index is 1.76. The van der Waals surface area contributed by atoms with Gasteiger partial charge in [-0.3, -0.25) is 9.69 Å². The Morgan fingerprint density at radius 3 is 2.42 bits per heavy atom. The van der Waals surface area contributed by atoms with E-state index in [0.717, 1.165) is 45.6 Å². The van der Waals surface area contributed by atoms with E-state index in [4.69, 9.17) is 5.26 Å². The lowest BCUT2D eigenvalue weighted by molar-refractivity contribution is -0.138. The van der Waals surface area contributed by atoms with E-state index in [9.17, 15) is 4.79 Å². The quantitative estimate of drug-likeness (QED) is 0.781. The van der Waals surface area contributed by atoms with Crippen LogP contribution in [0.25, 0.3) is 0 Å². The van der Waals surface area contributed by atoms with Gasteiger partial charge in [0.15, 0.2) is 0 Å². The first kappa shape index (κ1) is 14.3. The molecule has 1 unspecified atom stereocenters. The molecule has 2 fully saturated rings. The van der Waals surface area contributed by atoms with E-state index < -0.39 is 0 Å². The lowest BCUT2D eigenvalue weighted by Gasteiger charge is -2.37. The second kappa shape index (κ2) is 6.91. The van der Waals surface area contributed by atoms with Gasteiger partial charge < -0.3 is 4.90 Å². The first-order valence-electron chi connectivity index (χ1n) is 7.61. The standard InChI is InChI=1S/C15H25N3O/c1-13(11-16)12-17-7-9-18(10-8-17)15(19)14-5-3-2-4-6-14/h13-14H,2-10,12H2,1H3. The van der Waals surface area contributed by atoms with Crippen LogP contribution in [0.5, 0.6) is 0 Å². The molecule has 1 saturated heterocycles. The minimum atomic E-state index is 0.0839. The second-order valence-corrected chi connectivity index (χ2v) is 5.99. The van der Waals surface area contributed by atoms with E-state index in [0.29, 0.717) is 11.8 Å². The van der Waals surface area contributed by atoms with E-state index in [1.807, 2.05) is 11.8 Å². The van der Waals surface area contributed by atoms with Gasteiger partial charge in [0.1, 0.15) is 0 Å². The summed E-state index contributed by atoms with van der Waals surface area (Å²) in [4.78, 5) is 16.7. The van der Waals surface area contributed by atoms with Crippen molar-refractivity contribution in [3.8, 4) is 6.07 Å². The Morgan fingerprint density at radius 1 is 1.21 bits per heavy atom. The molecule has 0 radical (unpaired) electrons. The number of amides is 1. The van der Waals surface area contributed by atoms with Gasteiger partial charge in [-0.15, -0.1) is 0 Å². The molecule has 4 heteroatoms. The largest absolute Gasteiger partial charge is 0.340 e. The zero-order valence-electron chi connectivity index (χ0n) is 12.0. The van der Waals surface area contributed by atoms with E-state index in [1.54, 1.807) is 0 Å². The summed E-state index contributed by atoms with van der Waals surface area (Å²) in [5.74, 6) is 0.756. The molecule has 1 heterocycles. The Kier molecular flexibility index (Phi) is 5.21. The molecule has 0 bridgehead atoms. The van der Waals surface area contributed by atoms with Crippen LogP contribution >= 0.6 is 0 Å². The summed E-state index contributed by atoms with van der Waals surface area (Å²) >= 11 is 0. The van der Waals surface area contributed by atoms with Gasteiger partial charge >= 0.3 is 0 Å². The van der Waals surface area contributed by atoms with Gasteiger partial charge in [-0.2, -0.15) is 5.26 Å². The highest BCUT2D eigenvalue weighted by Crippen LogP contribution is 2.25. The molecular formula is C15H25N3O. The third-order valence-electron chi connectivity index (χ3n) is 4.39. The second-order valence-electron chi connectivity index (χ2n) is 5.99. The molecule has 0 aromatic heterocycles. The highest BCUT2D eigenvalue weighted by molar-refractivity contribution is 5.79. The first-order valence-corrected chi connectivity index (χ1v) is 7.61. The van der Waals surface area contributed by atoms with Gasteiger partial charge in [0.2, 0.25) is 5.91 Å². The topological polar surface area (TPSA) is 47.3 Å². The summed E-state index contributed by atoms with van der Waals surface area (Å²) in [6.45, 7) is 6.32. The van der Waals surface area contributed by atoms with Crippen molar-refractivity contribution in [1.82, 2.24) is 9.80 Å². The van der Waals surface area contributed by atoms with Crippen molar-refractivity contribution in [2.24, 2.45) is 11.8 Å². The Hall–Kier alpha value is -1.08. The zero-order chi connectivity index (χ0) is 13.7. The molecule has 1 aliphatic carbocycles. The molecule has 4 nitrogen and oxygen atoms in total. The molecule has 1 atom stereocenters. The van der Waals surface area contributed by atoms with Crippen LogP contribution in [0.4, 0.5) is 0 Å². The fourth-order valence-electron chi connectivity index (χ4n) is 3.19. The summed E-state index contributed by atoms with van der Waals surface area (Å²) in [5, 5.41) is 8.83. The van der Waals surface area contributed by atoms with Crippen LogP contribution in [-0.4, -0.2) is 48.4 Å². The lowest BCUT2D eigenvalue weighted by Crippen LogP contribution is -2.51. The molecule has 106 valence electrons. The number of hydrogen-bond acceptors (Lipinski definition) is 3. The number of carbonyl (C=O) groups is 1. The van der Waals surface area contributed by atoms with Crippen molar-refractivity contribution in [2.45, 2.75) is 39.0 Å². The molecule has 0 N–H and O–H groups in total. The van der Waals surface area contributed by atoms with Gasteiger partial charge in [0.25, 0.3) is 0 Å². The summed E-state index contributed by atoms with van der Waals surface area (Å²) in [6, 6.07) is 2.28. The molecule has 2 rings (SSSR count). The molecule has 1 aliphatic heterocycles. The number of carbonyl (C=O) groups excluding carboxylic acids is 1. The van der Waals surface area contributed by atoms with Crippen LogP contribution < -0.4 is 0 Å². The number of nitrogens with zero attached hydrogens (tertiary/aromatic N) is 3. The molecule has 0 aromatic rings. The van der Waals surface area contributed by atoms with Crippen molar-refractivity contribution in [3.05, 3.63) is 0 Å². The minimum Gasteiger partial charge on any atom is -0.340 e. The Morgan fingerprint density at radius 2 is 1.84 bits per heavy atom. The zero-order valence-corrected chi connectivity index (χ0v) is 12.0. The fraction of sp³-hybridized carbons (Fsp3) is 0.867. The van der Waals surface area contributed by atoms with Crippen LogP contribution in [0.2, 0.25) is 0 Å².